The Morgan fingerprint density at radius 2 is 1.96 bits per heavy atom. The summed E-state index contributed by atoms with van der Waals surface area (Å²) in [5.41, 5.74) is 1.31. The number of rotatable bonds is 8. The summed E-state index contributed by atoms with van der Waals surface area (Å²) >= 11 is 11.9. The van der Waals surface area contributed by atoms with Gasteiger partial charge in [-0.3, -0.25) is 9.48 Å². The van der Waals surface area contributed by atoms with Gasteiger partial charge in [-0.1, -0.05) is 23.2 Å². The Morgan fingerprint density at radius 1 is 1.15 bits per heavy atom. The number of hydrogen-bond acceptors (Lipinski definition) is 4. The van der Waals surface area contributed by atoms with Crippen LogP contribution in [-0.4, -0.2) is 32.0 Å². The third kappa shape index (κ3) is 5.48. The first kappa shape index (κ1) is 19.3. The van der Waals surface area contributed by atoms with Crippen molar-refractivity contribution in [2.24, 2.45) is 0 Å². The molecule has 3 rings (SSSR count). The zero-order chi connectivity index (χ0) is 19.2. The van der Waals surface area contributed by atoms with Crippen molar-refractivity contribution in [2.45, 2.75) is 26.6 Å². The molecule has 1 amide bonds. The molecule has 3 aromatic rings. The van der Waals surface area contributed by atoms with E-state index >= 15 is 0 Å². The molecule has 142 valence electrons. The fourth-order valence-corrected chi connectivity index (χ4v) is 2.87. The standard InChI is InChI=1S/C18H19Cl2N5O2/c1-13-5-9-24(22-13)8-2-7-21-18(26)16-6-10-25(23-16)12-27-17-4-3-14(19)11-15(17)20/h3-6,9-11H,2,7-8,12H2,1H3,(H,21,26). The molecule has 0 spiro atoms. The summed E-state index contributed by atoms with van der Waals surface area (Å²) in [6.07, 6.45) is 4.38. The zero-order valence-corrected chi connectivity index (χ0v) is 16.2. The van der Waals surface area contributed by atoms with Crippen LogP contribution in [0, 0.1) is 6.92 Å². The average molecular weight is 408 g/mol. The van der Waals surface area contributed by atoms with Gasteiger partial charge >= 0.3 is 0 Å². The number of aryl methyl sites for hydroxylation is 2. The van der Waals surface area contributed by atoms with Gasteiger partial charge in [-0.15, -0.1) is 0 Å². The molecule has 2 aromatic heterocycles. The predicted octanol–water partition coefficient (Wildman–Crippen LogP) is 3.55. The zero-order valence-electron chi connectivity index (χ0n) is 14.7. The molecule has 0 aliphatic carbocycles. The van der Waals surface area contributed by atoms with Crippen LogP contribution in [0.2, 0.25) is 10.0 Å². The predicted molar refractivity (Wildman–Crippen MR) is 103 cm³/mol. The number of carbonyl (C=O) groups is 1. The van der Waals surface area contributed by atoms with E-state index in [-0.39, 0.29) is 12.6 Å². The lowest BCUT2D eigenvalue weighted by molar-refractivity contribution is 0.0945. The summed E-state index contributed by atoms with van der Waals surface area (Å²) in [7, 11) is 0. The summed E-state index contributed by atoms with van der Waals surface area (Å²) in [6, 6.07) is 8.56. The Kier molecular flexibility index (Phi) is 6.36. The van der Waals surface area contributed by atoms with Gasteiger partial charge in [-0.05, 0) is 43.7 Å². The van der Waals surface area contributed by atoms with Crippen LogP contribution in [0.5, 0.6) is 5.75 Å². The second-order valence-corrected chi connectivity index (χ2v) is 6.76. The van der Waals surface area contributed by atoms with Crippen LogP contribution in [0.4, 0.5) is 0 Å². The SMILES string of the molecule is Cc1ccn(CCCNC(=O)c2ccn(COc3ccc(Cl)cc3Cl)n2)n1. The molecule has 0 saturated carbocycles. The Labute approximate surface area is 166 Å². The lowest BCUT2D eigenvalue weighted by atomic mass is 10.3. The van der Waals surface area contributed by atoms with E-state index in [1.54, 1.807) is 30.5 Å². The van der Waals surface area contributed by atoms with Gasteiger partial charge in [0.1, 0.15) is 11.4 Å². The monoisotopic (exact) mass is 407 g/mol. The molecular weight excluding hydrogens is 389 g/mol. The fourth-order valence-electron chi connectivity index (χ4n) is 2.40. The summed E-state index contributed by atoms with van der Waals surface area (Å²) in [4.78, 5) is 12.2. The second kappa shape index (κ2) is 8.92. The Morgan fingerprint density at radius 3 is 2.70 bits per heavy atom. The van der Waals surface area contributed by atoms with E-state index in [2.05, 4.69) is 15.5 Å². The summed E-state index contributed by atoms with van der Waals surface area (Å²) in [6.45, 7) is 3.37. The number of amides is 1. The highest BCUT2D eigenvalue weighted by Gasteiger charge is 2.10. The Balaban J connectivity index is 1.44. The number of carbonyl (C=O) groups excluding carboxylic acids is 1. The lowest BCUT2D eigenvalue weighted by Crippen LogP contribution is -2.26. The lowest BCUT2D eigenvalue weighted by Gasteiger charge is -2.08. The highest BCUT2D eigenvalue weighted by molar-refractivity contribution is 6.35. The van der Waals surface area contributed by atoms with Crippen molar-refractivity contribution in [1.29, 1.82) is 0 Å². The van der Waals surface area contributed by atoms with Crippen molar-refractivity contribution in [3.8, 4) is 5.75 Å². The maximum Gasteiger partial charge on any atom is 0.271 e. The smallest absolute Gasteiger partial charge is 0.271 e. The van der Waals surface area contributed by atoms with Gasteiger partial charge in [0.25, 0.3) is 5.91 Å². The van der Waals surface area contributed by atoms with Crippen molar-refractivity contribution in [1.82, 2.24) is 24.9 Å². The quantitative estimate of drug-likeness (QED) is 0.579. The number of halogens is 2. The van der Waals surface area contributed by atoms with Crippen LogP contribution in [-0.2, 0) is 13.3 Å². The molecule has 0 aliphatic heterocycles. The summed E-state index contributed by atoms with van der Waals surface area (Å²) in [5.74, 6) is 0.270. The van der Waals surface area contributed by atoms with Crippen molar-refractivity contribution < 1.29 is 9.53 Å². The van der Waals surface area contributed by atoms with Gasteiger partial charge in [-0.2, -0.15) is 10.2 Å². The molecule has 0 saturated heterocycles. The van der Waals surface area contributed by atoms with Gasteiger partial charge in [0.2, 0.25) is 0 Å². The summed E-state index contributed by atoms with van der Waals surface area (Å²) < 4.78 is 8.97. The number of nitrogens with zero attached hydrogens (tertiary/aromatic N) is 4. The van der Waals surface area contributed by atoms with Gasteiger partial charge in [0, 0.05) is 30.5 Å². The highest BCUT2D eigenvalue weighted by Crippen LogP contribution is 2.27. The van der Waals surface area contributed by atoms with Crippen LogP contribution in [0.3, 0.4) is 0 Å². The van der Waals surface area contributed by atoms with E-state index in [0.717, 1.165) is 18.7 Å². The van der Waals surface area contributed by atoms with E-state index in [9.17, 15) is 4.79 Å². The van der Waals surface area contributed by atoms with Crippen LogP contribution in [0.1, 0.15) is 22.6 Å². The highest BCUT2D eigenvalue weighted by atomic mass is 35.5. The molecular formula is C18H19Cl2N5O2. The number of aromatic nitrogens is 4. The molecule has 0 unspecified atom stereocenters. The third-order valence-electron chi connectivity index (χ3n) is 3.74. The molecule has 2 heterocycles. The maximum atomic E-state index is 12.2. The van der Waals surface area contributed by atoms with E-state index < -0.39 is 0 Å². The molecule has 0 atom stereocenters. The number of ether oxygens (including phenoxy) is 1. The van der Waals surface area contributed by atoms with Crippen molar-refractivity contribution >= 4 is 29.1 Å². The van der Waals surface area contributed by atoms with E-state index in [4.69, 9.17) is 27.9 Å². The maximum absolute atomic E-state index is 12.2. The minimum atomic E-state index is -0.227. The molecule has 0 aliphatic rings. The average Bonchev–Trinajstić information content (AvgIpc) is 3.27. The number of hydrogen-bond donors (Lipinski definition) is 1. The first-order valence-electron chi connectivity index (χ1n) is 8.41. The normalized spacial score (nSPS) is 10.8. The molecule has 7 nitrogen and oxygen atoms in total. The van der Waals surface area contributed by atoms with Gasteiger partial charge in [0.15, 0.2) is 6.73 Å². The van der Waals surface area contributed by atoms with Crippen LogP contribution >= 0.6 is 23.2 Å². The first-order chi connectivity index (χ1) is 13.0. The molecule has 0 fully saturated rings. The van der Waals surface area contributed by atoms with Gasteiger partial charge in [0.05, 0.1) is 10.7 Å². The molecule has 0 bridgehead atoms. The van der Waals surface area contributed by atoms with Crippen LogP contribution in [0.25, 0.3) is 0 Å². The largest absolute Gasteiger partial charge is 0.470 e. The van der Waals surface area contributed by atoms with Crippen molar-refractivity contribution in [3.63, 3.8) is 0 Å². The first-order valence-corrected chi connectivity index (χ1v) is 9.16. The Hall–Kier alpha value is -2.51. The van der Waals surface area contributed by atoms with Gasteiger partial charge < -0.3 is 10.1 Å². The topological polar surface area (TPSA) is 74.0 Å². The molecule has 1 N–H and O–H groups in total. The third-order valence-corrected chi connectivity index (χ3v) is 4.27. The molecule has 27 heavy (non-hydrogen) atoms. The molecule has 1 aromatic carbocycles. The molecule has 9 heteroatoms. The minimum absolute atomic E-state index is 0.132. The van der Waals surface area contributed by atoms with Crippen molar-refractivity contribution in [3.05, 3.63) is 64.2 Å². The van der Waals surface area contributed by atoms with Gasteiger partial charge in [-0.25, -0.2) is 4.68 Å². The van der Waals surface area contributed by atoms with E-state index in [0.29, 0.717) is 28.0 Å². The summed E-state index contributed by atoms with van der Waals surface area (Å²) in [5, 5.41) is 12.3. The Bertz CT molecular complexity index is 922. The second-order valence-electron chi connectivity index (χ2n) is 5.92. The van der Waals surface area contributed by atoms with Crippen LogP contribution < -0.4 is 10.1 Å². The van der Waals surface area contributed by atoms with E-state index in [1.807, 2.05) is 23.9 Å². The van der Waals surface area contributed by atoms with Crippen molar-refractivity contribution in [2.75, 3.05) is 6.54 Å². The number of benzene rings is 1. The van der Waals surface area contributed by atoms with E-state index in [1.165, 1.54) is 4.68 Å². The number of nitrogens with one attached hydrogen (secondary N) is 1. The molecule has 0 radical (unpaired) electrons. The minimum Gasteiger partial charge on any atom is -0.470 e. The fraction of sp³-hybridized carbons (Fsp3) is 0.278. The van der Waals surface area contributed by atoms with Crippen LogP contribution in [0.15, 0.2) is 42.7 Å².